The number of fused-ring (bicyclic) bond motifs is 1. The summed E-state index contributed by atoms with van der Waals surface area (Å²) in [6.45, 7) is 3.93. The topological polar surface area (TPSA) is 97.6 Å². The molecule has 1 aromatic heterocycles. The van der Waals surface area contributed by atoms with Crippen molar-refractivity contribution in [1.29, 1.82) is 0 Å². The van der Waals surface area contributed by atoms with Crippen LogP contribution in [-0.2, 0) is 9.59 Å². The Hall–Kier alpha value is -2.24. The van der Waals surface area contributed by atoms with Crippen LogP contribution in [0.4, 0.5) is 18.3 Å². The van der Waals surface area contributed by atoms with Crippen molar-refractivity contribution in [3.05, 3.63) is 18.2 Å². The lowest BCUT2D eigenvalue weighted by Crippen LogP contribution is -2.52. The summed E-state index contributed by atoms with van der Waals surface area (Å²) in [4.78, 5) is 31.5. The minimum Gasteiger partial charge on any atom is -0.406 e. The third-order valence-corrected chi connectivity index (χ3v) is 5.65. The molecule has 0 radical (unpaired) electrons. The van der Waals surface area contributed by atoms with Crippen molar-refractivity contribution in [2.24, 2.45) is 11.1 Å². The van der Waals surface area contributed by atoms with Crippen LogP contribution in [0.5, 0.6) is 5.75 Å². The van der Waals surface area contributed by atoms with Gasteiger partial charge in [-0.15, -0.1) is 13.2 Å². The van der Waals surface area contributed by atoms with Crippen molar-refractivity contribution in [3.63, 3.8) is 0 Å². The molecule has 2 aromatic rings. The van der Waals surface area contributed by atoms with Gasteiger partial charge >= 0.3 is 6.36 Å². The van der Waals surface area contributed by atoms with E-state index in [-0.39, 0.29) is 11.7 Å². The van der Waals surface area contributed by atoms with Gasteiger partial charge in [-0.3, -0.25) is 9.59 Å². The Morgan fingerprint density at radius 2 is 2.10 bits per heavy atom. The Morgan fingerprint density at radius 3 is 2.69 bits per heavy atom. The number of anilines is 1. The van der Waals surface area contributed by atoms with E-state index < -0.39 is 35.4 Å². The van der Waals surface area contributed by atoms with Gasteiger partial charge < -0.3 is 15.8 Å². The number of halogens is 3. The fraction of sp³-hybridized carbons (Fsp3) is 0.500. The summed E-state index contributed by atoms with van der Waals surface area (Å²) in [7, 11) is 0. The molecule has 0 spiro atoms. The van der Waals surface area contributed by atoms with Crippen LogP contribution in [0.25, 0.3) is 10.2 Å². The van der Waals surface area contributed by atoms with E-state index in [2.05, 4.69) is 15.0 Å². The molecule has 7 nitrogen and oxygen atoms in total. The minimum absolute atomic E-state index is 0.0160. The van der Waals surface area contributed by atoms with Crippen LogP contribution in [-0.4, -0.2) is 42.3 Å². The number of aromatic nitrogens is 1. The van der Waals surface area contributed by atoms with Gasteiger partial charge in [-0.1, -0.05) is 11.3 Å². The molecular weight excluding hydrogens is 409 g/mol. The number of nitrogens with zero attached hydrogens (tertiary/aromatic N) is 2. The third kappa shape index (κ3) is 4.68. The summed E-state index contributed by atoms with van der Waals surface area (Å²) in [5.41, 5.74) is 5.06. The zero-order chi connectivity index (χ0) is 21.4. The summed E-state index contributed by atoms with van der Waals surface area (Å²) >= 11 is 0.945. The predicted molar refractivity (Wildman–Crippen MR) is 103 cm³/mol. The molecule has 1 saturated heterocycles. The van der Waals surface area contributed by atoms with Gasteiger partial charge in [0.05, 0.1) is 21.7 Å². The van der Waals surface area contributed by atoms with Crippen LogP contribution >= 0.6 is 11.3 Å². The van der Waals surface area contributed by atoms with Crippen molar-refractivity contribution in [2.75, 3.05) is 18.0 Å². The number of carbonyl (C=O) groups excluding carboxylic acids is 2. The molecule has 158 valence electrons. The van der Waals surface area contributed by atoms with Crippen molar-refractivity contribution in [3.8, 4) is 5.75 Å². The molecule has 29 heavy (non-hydrogen) atoms. The molecule has 11 heteroatoms. The zero-order valence-corrected chi connectivity index (χ0v) is 16.7. The summed E-state index contributed by atoms with van der Waals surface area (Å²) in [6.07, 6.45) is -3.44. The smallest absolute Gasteiger partial charge is 0.406 e. The van der Waals surface area contributed by atoms with Crippen LogP contribution in [0, 0.1) is 5.41 Å². The number of carbonyl (C=O) groups is 2. The van der Waals surface area contributed by atoms with Gasteiger partial charge in [-0.05, 0) is 45.4 Å². The maximum absolute atomic E-state index is 13.1. The van der Waals surface area contributed by atoms with Gasteiger partial charge in [-0.25, -0.2) is 9.88 Å². The largest absolute Gasteiger partial charge is 0.573 e. The second kappa shape index (κ2) is 7.88. The van der Waals surface area contributed by atoms with E-state index in [0.717, 1.165) is 28.7 Å². The van der Waals surface area contributed by atoms with E-state index in [1.54, 1.807) is 13.8 Å². The average molecular weight is 430 g/mol. The number of ether oxygens (including phenoxy) is 1. The number of benzene rings is 1. The van der Waals surface area contributed by atoms with Crippen molar-refractivity contribution < 1.29 is 27.5 Å². The van der Waals surface area contributed by atoms with Crippen LogP contribution in [0.15, 0.2) is 18.2 Å². The van der Waals surface area contributed by atoms with E-state index in [0.29, 0.717) is 23.2 Å². The maximum atomic E-state index is 13.1. The fourth-order valence-corrected chi connectivity index (χ4v) is 3.91. The third-order valence-electron chi connectivity index (χ3n) is 4.64. The first-order chi connectivity index (χ1) is 13.5. The van der Waals surface area contributed by atoms with Gasteiger partial charge in [0.15, 0.2) is 5.13 Å². The molecule has 2 heterocycles. The lowest BCUT2D eigenvalue weighted by molar-refractivity contribution is -0.274. The summed E-state index contributed by atoms with van der Waals surface area (Å²) in [5, 5.41) is 3.15. The van der Waals surface area contributed by atoms with Gasteiger partial charge in [0, 0.05) is 12.6 Å². The van der Waals surface area contributed by atoms with Crippen LogP contribution in [0.2, 0.25) is 0 Å². The molecule has 0 saturated carbocycles. The summed E-state index contributed by atoms with van der Waals surface area (Å²) < 4.78 is 41.7. The zero-order valence-electron chi connectivity index (χ0n) is 15.9. The van der Waals surface area contributed by atoms with Crippen LogP contribution in [0.3, 0.4) is 0 Å². The number of rotatable bonds is 5. The monoisotopic (exact) mass is 430 g/mol. The molecule has 1 aliphatic rings. The second-order valence-electron chi connectivity index (χ2n) is 7.39. The van der Waals surface area contributed by atoms with Crippen molar-refractivity contribution >= 4 is 38.5 Å². The molecule has 3 rings (SSSR count). The quantitative estimate of drug-likeness (QED) is 0.757. The highest BCUT2D eigenvalue weighted by Gasteiger charge is 2.40. The number of nitrogens with two attached hydrogens (primary N) is 1. The van der Waals surface area contributed by atoms with Gasteiger partial charge in [-0.2, -0.15) is 0 Å². The second-order valence-corrected chi connectivity index (χ2v) is 8.40. The van der Waals surface area contributed by atoms with Crippen LogP contribution < -0.4 is 20.7 Å². The van der Waals surface area contributed by atoms with E-state index in [1.807, 2.05) is 0 Å². The molecule has 2 amide bonds. The molecule has 1 aromatic carbocycles. The molecule has 1 fully saturated rings. The molecule has 0 bridgehead atoms. The number of nitrogens with one attached hydrogen (secondary N) is 1. The Morgan fingerprint density at radius 1 is 1.38 bits per heavy atom. The SMILES string of the molecule is CC(C)(CN)C(=O)N(C(=O)[C@@H]1CCCN1)c1nc2ccc(OC(F)(F)F)cc2s1. The van der Waals surface area contributed by atoms with Gasteiger partial charge in [0.2, 0.25) is 5.91 Å². The number of amides is 2. The van der Waals surface area contributed by atoms with Gasteiger partial charge in [0.25, 0.3) is 5.91 Å². The molecule has 1 atom stereocenters. The molecule has 0 unspecified atom stereocenters. The molecule has 3 N–H and O–H groups in total. The van der Waals surface area contributed by atoms with E-state index in [9.17, 15) is 22.8 Å². The Balaban J connectivity index is 2.01. The first-order valence-electron chi connectivity index (χ1n) is 9.00. The Labute approximate surface area is 169 Å². The first kappa shape index (κ1) is 21.5. The summed E-state index contributed by atoms with van der Waals surface area (Å²) in [6, 6.07) is 3.14. The fourth-order valence-electron chi connectivity index (χ4n) is 2.91. The maximum Gasteiger partial charge on any atom is 0.573 e. The van der Waals surface area contributed by atoms with E-state index in [4.69, 9.17) is 5.73 Å². The normalized spacial score (nSPS) is 17.5. The van der Waals surface area contributed by atoms with Crippen LogP contribution in [0.1, 0.15) is 26.7 Å². The Bertz CT molecular complexity index is 923. The number of hydrogen-bond donors (Lipinski definition) is 2. The Kier molecular flexibility index (Phi) is 5.84. The number of alkyl halides is 3. The molecular formula is C18H21F3N4O3S. The minimum atomic E-state index is -4.82. The summed E-state index contributed by atoms with van der Waals surface area (Å²) in [5.74, 6) is -1.35. The number of thiazole rings is 1. The molecule has 0 aliphatic carbocycles. The highest BCUT2D eigenvalue weighted by atomic mass is 32.1. The standard InChI is InChI=1S/C18H21F3N4O3S/c1-17(2,9-22)15(27)25(14(26)12-4-3-7-23-12)16-24-11-6-5-10(8-13(11)29-16)28-18(19,20)21/h5-6,8,12,23H,3-4,7,9,22H2,1-2H3/t12-/m0/s1. The molecule has 1 aliphatic heterocycles. The van der Waals surface area contributed by atoms with Crippen molar-refractivity contribution in [2.45, 2.75) is 39.1 Å². The lowest BCUT2D eigenvalue weighted by Gasteiger charge is -2.29. The van der Waals surface area contributed by atoms with E-state index >= 15 is 0 Å². The van der Waals surface area contributed by atoms with Crippen molar-refractivity contribution in [1.82, 2.24) is 10.3 Å². The van der Waals surface area contributed by atoms with E-state index in [1.165, 1.54) is 12.1 Å². The average Bonchev–Trinajstić information content (AvgIpc) is 3.29. The highest BCUT2D eigenvalue weighted by Crippen LogP contribution is 2.35. The predicted octanol–water partition coefficient (Wildman–Crippen LogP) is 2.79. The van der Waals surface area contributed by atoms with Gasteiger partial charge in [0.1, 0.15) is 5.75 Å². The number of imide groups is 1. The lowest BCUT2D eigenvalue weighted by atomic mass is 9.91. The first-order valence-corrected chi connectivity index (χ1v) is 9.82. The number of hydrogen-bond acceptors (Lipinski definition) is 7. The highest BCUT2D eigenvalue weighted by molar-refractivity contribution is 7.22.